The van der Waals surface area contributed by atoms with Crippen LogP contribution in [0.3, 0.4) is 0 Å². The maximum absolute atomic E-state index is 6.29. The molecule has 0 bridgehead atoms. The Bertz CT molecular complexity index is 968. The van der Waals surface area contributed by atoms with E-state index >= 15 is 0 Å². The van der Waals surface area contributed by atoms with Crippen molar-refractivity contribution in [1.29, 1.82) is 0 Å². The first-order chi connectivity index (χ1) is 11.9. The molecule has 0 saturated heterocycles. The van der Waals surface area contributed by atoms with Gasteiger partial charge in [-0.25, -0.2) is 15.0 Å². The van der Waals surface area contributed by atoms with Gasteiger partial charge >= 0.3 is 0 Å². The van der Waals surface area contributed by atoms with Gasteiger partial charge in [0.2, 0.25) is 0 Å². The summed E-state index contributed by atoms with van der Waals surface area (Å²) in [6.45, 7) is 9.32. The number of fused-ring (bicyclic) bond motifs is 4. The molecule has 0 fully saturated rings. The zero-order valence-electron chi connectivity index (χ0n) is 14.7. The minimum absolute atomic E-state index is 0.142. The van der Waals surface area contributed by atoms with Crippen LogP contribution in [-0.4, -0.2) is 26.7 Å². The summed E-state index contributed by atoms with van der Waals surface area (Å²) >= 11 is 7.83. The van der Waals surface area contributed by atoms with Gasteiger partial charge in [0.1, 0.15) is 16.3 Å². The summed E-state index contributed by atoms with van der Waals surface area (Å²) in [5.74, 6) is 0. The molecular formula is C18H20ClN3O2S. The summed E-state index contributed by atoms with van der Waals surface area (Å²) in [7, 11) is 0. The Labute approximate surface area is 155 Å². The molecule has 4 rings (SSSR count). The van der Waals surface area contributed by atoms with Crippen LogP contribution < -0.4 is 0 Å². The van der Waals surface area contributed by atoms with Gasteiger partial charge in [-0.3, -0.25) is 0 Å². The molecular weight excluding hydrogens is 358 g/mol. The van der Waals surface area contributed by atoms with E-state index in [4.69, 9.17) is 26.1 Å². The predicted molar refractivity (Wildman–Crippen MR) is 100 cm³/mol. The van der Waals surface area contributed by atoms with Crippen molar-refractivity contribution in [1.82, 2.24) is 15.0 Å². The molecule has 0 spiro atoms. The summed E-state index contributed by atoms with van der Waals surface area (Å²) in [6, 6.07) is 0. The number of ether oxygens (including phenoxy) is 2. The van der Waals surface area contributed by atoms with E-state index < -0.39 is 0 Å². The normalized spacial score (nSPS) is 16.7. The predicted octanol–water partition coefficient (Wildman–Crippen LogP) is 4.67. The van der Waals surface area contributed by atoms with Crippen LogP contribution in [-0.2, 0) is 29.1 Å². The minimum Gasteiger partial charge on any atom is -0.374 e. The largest absolute Gasteiger partial charge is 0.374 e. The molecule has 7 heteroatoms. The molecule has 0 unspecified atom stereocenters. The topological polar surface area (TPSA) is 57.1 Å². The molecule has 1 aliphatic rings. The van der Waals surface area contributed by atoms with Gasteiger partial charge in [-0.2, -0.15) is 0 Å². The molecule has 3 aromatic heterocycles. The van der Waals surface area contributed by atoms with Crippen LogP contribution in [0.1, 0.15) is 44.5 Å². The van der Waals surface area contributed by atoms with Gasteiger partial charge in [0.15, 0.2) is 0 Å². The third-order valence-electron chi connectivity index (χ3n) is 4.42. The van der Waals surface area contributed by atoms with Crippen LogP contribution in [0.25, 0.3) is 20.4 Å². The lowest BCUT2D eigenvalue weighted by molar-refractivity contribution is -0.0424. The molecule has 1 aliphatic heterocycles. The van der Waals surface area contributed by atoms with Gasteiger partial charge in [-0.15, -0.1) is 11.3 Å². The Kier molecular flexibility index (Phi) is 4.19. The summed E-state index contributed by atoms with van der Waals surface area (Å²) in [4.78, 5) is 14.5. The molecule has 0 aromatic carbocycles. The van der Waals surface area contributed by atoms with Crippen molar-refractivity contribution in [2.45, 2.75) is 59.0 Å². The Morgan fingerprint density at radius 1 is 1.36 bits per heavy atom. The van der Waals surface area contributed by atoms with Crippen LogP contribution in [0.5, 0.6) is 0 Å². The second-order valence-corrected chi connectivity index (χ2v) is 8.58. The van der Waals surface area contributed by atoms with Gasteiger partial charge in [-0.05, 0) is 33.3 Å². The summed E-state index contributed by atoms with van der Waals surface area (Å²) < 4.78 is 12.9. The molecule has 5 nitrogen and oxygen atoms in total. The first kappa shape index (κ1) is 17.1. The second-order valence-electron chi connectivity index (χ2n) is 7.22. The Balaban J connectivity index is 2.01. The monoisotopic (exact) mass is 377 g/mol. The maximum atomic E-state index is 6.29. The molecule has 0 radical (unpaired) electrons. The van der Waals surface area contributed by atoms with E-state index in [1.807, 2.05) is 13.8 Å². The third kappa shape index (κ3) is 3.01. The van der Waals surface area contributed by atoms with E-state index in [2.05, 4.69) is 23.8 Å². The van der Waals surface area contributed by atoms with Crippen molar-refractivity contribution in [2.75, 3.05) is 0 Å². The smallest absolute Gasteiger partial charge is 0.150 e. The number of hydrogen-bond acceptors (Lipinski definition) is 6. The van der Waals surface area contributed by atoms with Crippen molar-refractivity contribution in [2.24, 2.45) is 0 Å². The molecule has 0 N–H and O–H groups in total. The van der Waals surface area contributed by atoms with Crippen molar-refractivity contribution in [3.63, 3.8) is 0 Å². The van der Waals surface area contributed by atoms with Crippen molar-refractivity contribution in [3.8, 4) is 0 Å². The van der Waals surface area contributed by atoms with E-state index in [0.717, 1.165) is 43.7 Å². The first-order valence-electron chi connectivity index (χ1n) is 8.34. The standard InChI is InChI=1S/C18H20ClN3O2S/c1-9(2)23-6-11-10-7-24-18(3,4)5-12(10)22-17-13(11)14-15(25-17)16(19)21-8-20-14/h8-9H,5-7H2,1-4H3. The lowest BCUT2D eigenvalue weighted by Gasteiger charge is -2.32. The highest BCUT2D eigenvalue weighted by Gasteiger charge is 2.31. The molecule has 0 aliphatic carbocycles. The van der Waals surface area contributed by atoms with Gasteiger partial charge in [0.25, 0.3) is 0 Å². The number of nitrogens with zero attached hydrogens (tertiary/aromatic N) is 3. The highest BCUT2D eigenvalue weighted by atomic mass is 35.5. The van der Waals surface area contributed by atoms with E-state index in [-0.39, 0.29) is 11.7 Å². The molecule has 4 heterocycles. The van der Waals surface area contributed by atoms with E-state index in [0.29, 0.717) is 18.4 Å². The van der Waals surface area contributed by atoms with Gasteiger partial charge in [0, 0.05) is 17.4 Å². The van der Waals surface area contributed by atoms with Gasteiger partial charge in [-0.1, -0.05) is 11.6 Å². The number of halogens is 1. The van der Waals surface area contributed by atoms with Crippen LogP contribution in [0.4, 0.5) is 0 Å². The van der Waals surface area contributed by atoms with Gasteiger partial charge in [0.05, 0.1) is 40.8 Å². The molecule has 0 amide bonds. The van der Waals surface area contributed by atoms with Crippen molar-refractivity contribution >= 4 is 43.4 Å². The van der Waals surface area contributed by atoms with Crippen molar-refractivity contribution in [3.05, 3.63) is 28.3 Å². The SMILES string of the molecule is CC(C)OCc1c2c(nc3sc4c(Cl)ncnc4c13)CC(C)(C)OC2. The minimum atomic E-state index is -0.210. The highest BCUT2D eigenvalue weighted by molar-refractivity contribution is 7.26. The molecule has 0 saturated carbocycles. The lowest BCUT2D eigenvalue weighted by atomic mass is 9.92. The number of thiophene rings is 1. The molecule has 25 heavy (non-hydrogen) atoms. The summed E-state index contributed by atoms with van der Waals surface area (Å²) in [5, 5.41) is 1.49. The second kappa shape index (κ2) is 6.13. The van der Waals surface area contributed by atoms with E-state index in [1.54, 1.807) is 11.3 Å². The first-order valence-corrected chi connectivity index (χ1v) is 9.54. The van der Waals surface area contributed by atoms with Gasteiger partial charge < -0.3 is 9.47 Å². The number of hydrogen-bond donors (Lipinski definition) is 0. The Morgan fingerprint density at radius 3 is 2.92 bits per heavy atom. The Morgan fingerprint density at radius 2 is 2.16 bits per heavy atom. The third-order valence-corrected chi connectivity index (χ3v) is 5.90. The van der Waals surface area contributed by atoms with E-state index in [9.17, 15) is 0 Å². The maximum Gasteiger partial charge on any atom is 0.150 e. The summed E-state index contributed by atoms with van der Waals surface area (Å²) in [6.07, 6.45) is 2.42. The van der Waals surface area contributed by atoms with Crippen molar-refractivity contribution < 1.29 is 9.47 Å². The van der Waals surface area contributed by atoms with E-state index in [1.165, 1.54) is 6.33 Å². The zero-order valence-corrected chi connectivity index (χ0v) is 16.3. The molecule has 3 aromatic rings. The zero-order chi connectivity index (χ0) is 17.8. The quantitative estimate of drug-likeness (QED) is 0.621. The average molecular weight is 378 g/mol. The lowest BCUT2D eigenvalue weighted by Crippen LogP contribution is -2.33. The van der Waals surface area contributed by atoms with Crippen LogP contribution in [0.15, 0.2) is 6.33 Å². The number of pyridine rings is 1. The molecule has 132 valence electrons. The van der Waals surface area contributed by atoms with Crippen LogP contribution in [0, 0.1) is 0 Å². The number of aromatic nitrogens is 3. The molecule has 0 atom stereocenters. The van der Waals surface area contributed by atoms with Crippen LogP contribution >= 0.6 is 22.9 Å². The number of rotatable bonds is 3. The fourth-order valence-corrected chi connectivity index (χ4v) is 4.49. The summed E-state index contributed by atoms with van der Waals surface area (Å²) in [5.41, 5.74) is 3.97. The average Bonchev–Trinajstić information content (AvgIpc) is 2.90. The fraction of sp³-hybridized carbons (Fsp3) is 0.500. The highest BCUT2D eigenvalue weighted by Crippen LogP contribution is 2.41. The van der Waals surface area contributed by atoms with Crippen LogP contribution in [0.2, 0.25) is 5.15 Å². The fourth-order valence-electron chi connectivity index (χ4n) is 3.18. The Hall–Kier alpha value is -1.34.